The van der Waals surface area contributed by atoms with E-state index in [0.717, 1.165) is 29.7 Å². The van der Waals surface area contributed by atoms with Crippen molar-refractivity contribution in [3.63, 3.8) is 0 Å². The lowest BCUT2D eigenvalue weighted by Gasteiger charge is -2.38. The molecular formula is C14H24N2. The summed E-state index contributed by atoms with van der Waals surface area (Å²) in [6.45, 7) is 1.17. The highest BCUT2D eigenvalue weighted by Crippen LogP contribution is 2.65. The topological polar surface area (TPSA) is 38.0 Å². The zero-order chi connectivity index (χ0) is 10.8. The molecule has 4 aliphatic rings. The van der Waals surface area contributed by atoms with Crippen molar-refractivity contribution in [2.75, 3.05) is 6.54 Å². The van der Waals surface area contributed by atoms with Crippen molar-refractivity contribution in [2.24, 2.45) is 29.4 Å². The molecule has 4 aliphatic carbocycles. The molecule has 2 heteroatoms. The summed E-state index contributed by atoms with van der Waals surface area (Å²) >= 11 is 0. The second-order valence-corrected chi connectivity index (χ2v) is 6.93. The maximum Gasteiger partial charge on any atom is 0.0166 e. The Morgan fingerprint density at radius 2 is 1.81 bits per heavy atom. The van der Waals surface area contributed by atoms with Crippen molar-refractivity contribution in [1.82, 2.24) is 5.32 Å². The molecule has 4 fully saturated rings. The van der Waals surface area contributed by atoms with E-state index in [1.54, 1.807) is 6.42 Å². The smallest absolute Gasteiger partial charge is 0.0166 e. The monoisotopic (exact) mass is 220 g/mol. The Morgan fingerprint density at radius 1 is 1.12 bits per heavy atom. The van der Waals surface area contributed by atoms with E-state index in [4.69, 9.17) is 5.73 Å². The number of fused-ring (bicyclic) bond motifs is 5. The second kappa shape index (κ2) is 3.23. The van der Waals surface area contributed by atoms with Gasteiger partial charge in [-0.3, -0.25) is 0 Å². The van der Waals surface area contributed by atoms with Gasteiger partial charge in [-0.1, -0.05) is 0 Å². The van der Waals surface area contributed by atoms with Crippen LogP contribution in [0.3, 0.4) is 0 Å². The first-order valence-corrected chi connectivity index (χ1v) is 7.29. The van der Waals surface area contributed by atoms with E-state index in [1.807, 2.05) is 0 Å². The minimum Gasteiger partial charge on any atom is -0.325 e. The highest BCUT2D eigenvalue weighted by Gasteiger charge is 2.64. The molecule has 16 heavy (non-hydrogen) atoms. The molecule has 4 unspecified atom stereocenters. The van der Waals surface area contributed by atoms with Gasteiger partial charge in [0.1, 0.15) is 0 Å². The lowest BCUT2D eigenvalue weighted by molar-refractivity contribution is 0.228. The first-order valence-electron chi connectivity index (χ1n) is 7.29. The molecule has 0 aliphatic heterocycles. The number of hydrogen-bond donors (Lipinski definition) is 2. The Balaban J connectivity index is 1.25. The molecule has 0 radical (unpaired) electrons. The van der Waals surface area contributed by atoms with Gasteiger partial charge in [-0.05, 0) is 75.2 Å². The van der Waals surface area contributed by atoms with Crippen LogP contribution >= 0.6 is 0 Å². The fraction of sp³-hybridized carbons (Fsp3) is 1.00. The summed E-state index contributed by atoms with van der Waals surface area (Å²) in [4.78, 5) is 0. The highest BCUT2D eigenvalue weighted by atomic mass is 15.0. The molecule has 4 saturated carbocycles. The summed E-state index contributed by atoms with van der Waals surface area (Å²) in [5, 5.41) is 3.80. The van der Waals surface area contributed by atoms with Crippen molar-refractivity contribution in [2.45, 2.75) is 56.5 Å². The molecule has 4 rings (SSSR count). The molecule has 3 N–H and O–H groups in total. The first kappa shape index (κ1) is 9.90. The minimum atomic E-state index is 0.218. The van der Waals surface area contributed by atoms with E-state index in [2.05, 4.69) is 5.32 Å². The van der Waals surface area contributed by atoms with Crippen molar-refractivity contribution < 1.29 is 0 Å². The van der Waals surface area contributed by atoms with Gasteiger partial charge in [0.05, 0.1) is 0 Å². The summed E-state index contributed by atoms with van der Waals surface area (Å²) in [6.07, 6.45) is 9.71. The van der Waals surface area contributed by atoms with Crippen LogP contribution < -0.4 is 11.1 Å². The van der Waals surface area contributed by atoms with E-state index in [9.17, 15) is 0 Å². The van der Waals surface area contributed by atoms with Crippen molar-refractivity contribution >= 4 is 0 Å². The predicted octanol–water partition coefficient (Wildman–Crippen LogP) is 1.89. The third kappa shape index (κ3) is 1.32. The van der Waals surface area contributed by atoms with Gasteiger partial charge in [-0.25, -0.2) is 0 Å². The Kier molecular flexibility index (Phi) is 2.00. The SMILES string of the molecule is NC1(CCNC2C3C4CCC(C4)C23)CCC1. The van der Waals surface area contributed by atoms with Gasteiger partial charge >= 0.3 is 0 Å². The maximum atomic E-state index is 6.25. The van der Waals surface area contributed by atoms with E-state index in [1.165, 1.54) is 45.1 Å². The van der Waals surface area contributed by atoms with E-state index in [0.29, 0.717) is 0 Å². The average Bonchev–Trinajstić information content (AvgIpc) is 2.66. The fourth-order valence-corrected chi connectivity index (χ4v) is 4.97. The summed E-state index contributed by atoms with van der Waals surface area (Å²) in [5.74, 6) is 4.36. The van der Waals surface area contributed by atoms with Crippen LogP contribution in [-0.2, 0) is 0 Å². The van der Waals surface area contributed by atoms with Gasteiger partial charge < -0.3 is 11.1 Å². The van der Waals surface area contributed by atoms with Crippen LogP contribution in [0.5, 0.6) is 0 Å². The maximum absolute atomic E-state index is 6.25. The molecule has 90 valence electrons. The second-order valence-electron chi connectivity index (χ2n) is 6.93. The van der Waals surface area contributed by atoms with Crippen LogP contribution in [0, 0.1) is 23.7 Å². The van der Waals surface area contributed by atoms with Gasteiger partial charge in [0.15, 0.2) is 0 Å². The minimum absolute atomic E-state index is 0.218. The zero-order valence-corrected chi connectivity index (χ0v) is 10.1. The first-order chi connectivity index (χ1) is 7.77. The third-order valence-corrected chi connectivity index (χ3v) is 6.09. The summed E-state index contributed by atoms with van der Waals surface area (Å²) in [5.41, 5.74) is 6.47. The largest absolute Gasteiger partial charge is 0.325 e. The normalized spacial score (nSPS) is 51.2. The Hall–Kier alpha value is -0.0800. The Labute approximate surface area is 98.3 Å². The van der Waals surface area contributed by atoms with Gasteiger partial charge in [-0.2, -0.15) is 0 Å². The molecule has 0 aromatic rings. The van der Waals surface area contributed by atoms with Crippen LogP contribution in [0.15, 0.2) is 0 Å². The van der Waals surface area contributed by atoms with E-state index >= 15 is 0 Å². The van der Waals surface area contributed by atoms with Crippen LogP contribution in [-0.4, -0.2) is 18.1 Å². The van der Waals surface area contributed by atoms with Crippen molar-refractivity contribution in [3.05, 3.63) is 0 Å². The van der Waals surface area contributed by atoms with E-state index in [-0.39, 0.29) is 5.54 Å². The van der Waals surface area contributed by atoms with Crippen molar-refractivity contribution in [3.8, 4) is 0 Å². The van der Waals surface area contributed by atoms with Crippen LogP contribution in [0.25, 0.3) is 0 Å². The Bertz CT molecular complexity index is 281. The average molecular weight is 220 g/mol. The zero-order valence-electron chi connectivity index (χ0n) is 10.1. The van der Waals surface area contributed by atoms with Crippen LogP contribution in [0.4, 0.5) is 0 Å². The molecule has 2 bridgehead atoms. The summed E-state index contributed by atoms with van der Waals surface area (Å²) in [7, 11) is 0. The third-order valence-electron chi connectivity index (χ3n) is 6.09. The lowest BCUT2D eigenvalue weighted by Crippen LogP contribution is -2.48. The fourth-order valence-electron chi connectivity index (χ4n) is 4.97. The van der Waals surface area contributed by atoms with Gasteiger partial charge in [-0.15, -0.1) is 0 Å². The van der Waals surface area contributed by atoms with Gasteiger partial charge in [0.25, 0.3) is 0 Å². The molecule has 0 spiro atoms. The van der Waals surface area contributed by atoms with Gasteiger partial charge in [0.2, 0.25) is 0 Å². The number of rotatable bonds is 4. The molecule has 0 amide bonds. The van der Waals surface area contributed by atoms with Gasteiger partial charge in [0, 0.05) is 11.6 Å². The molecule has 0 aromatic heterocycles. The summed E-state index contributed by atoms with van der Waals surface area (Å²) < 4.78 is 0. The number of nitrogens with one attached hydrogen (secondary N) is 1. The summed E-state index contributed by atoms with van der Waals surface area (Å²) in [6, 6.07) is 0.898. The molecule has 4 atom stereocenters. The molecule has 2 nitrogen and oxygen atoms in total. The Morgan fingerprint density at radius 3 is 2.38 bits per heavy atom. The predicted molar refractivity (Wildman–Crippen MR) is 65.0 cm³/mol. The standard InChI is InChI=1S/C14H24N2/c15-14(4-1-5-14)6-7-16-13-11-9-2-3-10(8-9)12(11)13/h9-13,16H,1-8,15H2. The molecular weight excluding hydrogens is 196 g/mol. The van der Waals surface area contributed by atoms with Crippen molar-refractivity contribution in [1.29, 1.82) is 0 Å². The molecule has 0 aromatic carbocycles. The number of nitrogens with two attached hydrogens (primary N) is 1. The van der Waals surface area contributed by atoms with Crippen LogP contribution in [0.1, 0.15) is 44.9 Å². The van der Waals surface area contributed by atoms with E-state index < -0.39 is 0 Å². The molecule has 0 heterocycles. The lowest BCUT2D eigenvalue weighted by atomic mass is 9.75. The number of hydrogen-bond acceptors (Lipinski definition) is 2. The quantitative estimate of drug-likeness (QED) is 0.759. The van der Waals surface area contributed by atoms with Crippen LogP contribution in [0.2, 0.25) is 0 Å². The highest BCUT2D eigenvalue weighted by molar-refractivity contribution is 5.16. The molecule has 0 saturated heterocycles.